The fourth-order valence-electron chi connectivity index (χ4n) is 3.03. The maximum Gasteiger partial charge on any atom is 0.175 e. The molecule has 3 rings (SSSR count). The van der Waals surface area contributed by atoms with Crippen LogP contribution in [0.1, 0.15) is 33.5 Å². The van der Waals surface area contributed by atoms with Gasteiger partial charge in [-0.2, -0.15) is 0 Å². The fourth-order valence-corrected chi connectivity index (χ4v) is 3.68. The Morgan fingerprint density at radius 3 is 2.61 bits per heavy atom. The molecule has 1 aromatic heterocycles. The van der Waals surface area contributed by atoms with E-state index in [0.717, 1.165) is 24.1 Å². The van der Waals surface area contributed by atoms with E-state index in [4.69, 9.17) is 0 Å². The van der Waals surface area contributed by atoms with Gasteiger partial charge in [0.25, 0.3) is 0 Å². The van der Waals surface area contributed by atoms with E-state index in [2.05, 4.69) is 15.6 Å². The van der Waals surface area contributed by atoms with Crippen molar-refractivity contribution in [3.63, 3.8) is 0 Å². The van der Waals surface area contributed by atoms with Crippen molar-refractivity contribution in [3.8, 4) is 11.3 Å². The maximum atomic E-state index is 11.9. The summed E-state index contributed by atoms with van der Waals surface area (Å²) >= 11 is 0. The topological polar surface area (TPSA) is 76.9 Å². The van der Waals surface area contributed by atoms with Crippen molar-refractivity contribution in [1.29, 1.82) is 0 Å². The lowest BCUT2D eigenvalue weighted by Gasteiger charge is -2.25. The quantitative estimate of drug-likeness (QED) is 0.929. The normalized spacial score (nSPS) is 16.4. The second-order valence-electron chi connectivity index (χ2n) is 6.24. The summed E-state index contributed by atoms with van der Waals surface area (Å²) in [5.41, 5.74) is 2.38. The van der Waals surface area contributed by atoms with Crippen molar-refractivity contribution >= 4 is 15.5 Å². The van der Waals surface area contributed by atoms with E-state index in [1.807, 2.05) is 6.07 Å². The SMILES string of the molecule is Cn1cc(-c2cc(S(C)(=O)=O)ccc2NC2CCCCC2)nn1.[HH]. The molecule has 0 bridgehead atoms. The van der Waals surface area contributed by atoms with E-state index in [9.17, 15) is 8.42 Å². The molecule has 0 amide bonds. The van der Waals surface area contributed by atoms with Gasteiger partial charge in [-0.15, -0.1) is 5.10 Å². The average Bonchev–Trinajstić information content (AvgIpc) is 2.94. The molecule has 6 nitrogen and oxygen atoms in total. The number of anilines is 1. The van der Waals surface area contributed by atoms with E-state index in [1.165, 1.54) is 25.5 Å². The van der Waals surface area contributed by atoms with E-state index in [1.54, 1.807) is 30.1 Å². The molecular weight excluding hydrogens is 312 g/mol. The predicted octanol–water partition coefficient (Wildman–Crippen LogP) is 2.88. The van der Waals surface area contributed by atoms with Gasteiger partial charge in [-0.25, -0.2) is 8.42 Å². The lowest BCUT2D eigenvalue weighted by molar-refractivity contribution is 0.463. The number of nitrogens with zero attached hydrogens (tertiary/aromatic N) is 3. The van der Waals surface area contributed by atoms with Crippen molar-refractivity contribution in [1.82, 2.24) is 15.0 Å². The second-order valence-corrected chi connectivity index (χ2v) is 8.25. The first-order valence-electron chi connectivity index (χ1n) is 7.91. The molecule has 0 spiro atoms. The van der Waals surface area contributed by atoms with Crippen molar-refractivity contribution in [3.05, 3.63) is 24.4 Å². The molecule has 1 aliphatic carbocycles. The van der Waals surface area contributed by atoms with E-state index in [-0.39, 0.29) is 1.43 Å². The first-order chi connectivity index (χ1) is 10.9. The van der Waals surface area contributed by atoms with Crippen LogP contribution in [-0.2, 0) is 16.9 Å². The third-order valence-corrected chi connectivity index (χ3v) is 5.37. The smallest absolute Gasteiger partial charge is 0.175 e. The largest absolute Gasteiger partial charge is 0.382 e. The maximum absolute atomic E-state index is 11.9. The molecule has 0 radical (unpaired) electrons. The van der Waals surface area contributed by atoms with Crippen LogP contribution < -0.4 is 5.32 Å². The van der Waals surface area contributed by atoms with Gasteiger partial charge in [0, 0.05) is 32.0 Å². The van der Waals surface area contributed by atoms with E-state index in [0.29, 0.717) is 16.6 Å². The average molecular weight is 336 g/mol. The standard InChI is InChI=1S/C16H22N4O2S.H2/c1-20-11-16(18-19-20)14-10-13(23(2,21)22)8-9-15(14)17-12-6-4-3-5-7-12;/h8-12,17H,3-7H2,1-2H3;1H. The van der Waals surface area contributed by atoms with Gasteiger partial charge in [-0.1, -0.05) is 24.5 Å². The summed E-state index contributed by atoms with van der Waals surface area (Å²) < 4.78 is 25.3. The summed E-state index contributed by atoms with van der Waals surface area (Å²) in [6.45, 7) is 0. The summed E-state index contributed by atoms with van der Waals surface area (Å²) in [6, 6.07) is 5.61. The molecule has 1 N–H and O–H groups in total. The highest BCUT2D eigenvalue weighted by Gasteiger charge is 2.18. The van der Waals surface area contributed by atoms with E-state index >= 15 is 0 Å². The Morgan fingerprint density at radius 2 is 2.00 bits per heavy atom. The number of hydrogen-bond donors (Lipinski definition) is 1. The zero-order valence-electron chi connectivity index (χ0n) is 13.5. The van der Waals surface area contributed by atoms with Crippen molar-refractivity contribution in [2.75, 3.05) is 11.6 Å². The van der Waals surface area contributed by atoms with Crippen LogP contribution in [0.5, 0.6) is 0 Å². The number of hydrogen-bond acceptors (Lipinski definition) is 5. The fraction of sp³-hybridized carbons (Fsp3) is 0.500. The Kier molecular flexibility index (Phi) is 4.39. The van der Waals surface area contributed by atoms with Crippen molar-refractivity contribution in [2.24, 2.45) is 7.05 Å². The third kappa shape index (κ3) is 3.72. The summed E-state index contributed by atoms with van der Waals surface area (Å²) in [5, 5.41) is 11.7. The second kappa shape index (κ2) is 6.31. The molecule has 1 heterocycles. The number of sulfone groups is 1. The number of nitrogens with one attached hydrogen (secondary N) is 1. The minimum atomic E-state index is -3.26. The van der Waals surface area contributed by atoms with Crippen LogP contribution in [0.25, 0.3) is 11.3 Å². The summed E-state index contributed by atoms with van der Waals surface area (Å²) in [5.74, 6) is 0. The molecule has 1 fully saturated rings. The van der Waals surface area contributed by atoms with Crippen molar-refractivity contribution < 1.29 is 9.84 Å². The van der Waals surface area contributed by atoms with Crippen LogP contribution in [0.15, 0.2) is 29.3 Å². The first-order valence-corrected chi connectivity index (χ1v) is 9.80. The Bertz CT molecular complexity index is 798. The van der Waals surface area contributed by atoms with Crippen LogP contribution in [-0.4, -0.2) is 35.7 Å². The van der Waals surface area contributed by atoms with Gasteiger partial charge >= 0.3 is 0 Å². The summed E-state index contributed by atoms with van der Waals surface area (Å²) in [4.78, 5) is 0.298. The molecule has 0 atom stereocenters. The monoisotopic (exact) mass is 336 g/mol. The Balaban J connectivity index is 0.00000208. The lowest BCUT2D eigenvalue weighted by Crippen LogP contribution is -2.22. The molecule has 126 valence electrons. The minimum Gasteiger partial charge on any atom is -0.382 e. The number of aromatic nitrogens is 3. The van der Waals surface area contributed by atoms with Crippen LogP contribution >= 0.6 is 0 Å². The highest BCUT2D eigenvalue weighted by Crippen LogP contribution is 2.31. The molecule has 0 aliphatic heterocycles. The molecule has 1 saturated carbocycles. The number of aryl methyl sites for hydroxylation is 1. The Hall–Kier alpha value is -1.89. The molecular formula is C16H24N4O2S. The third-order valence-electron chi connectivity index (χ3n) is 4.26. The molecule has 0 unspecified atom stereocenters. The van der Waals surface area contributed by atoms with Crippen molar-refractivity contribution in [2.45, 2.75) is 43.0 Å². The highest BCUT2D eigenvalue weighted by molar-refractivity contribution is 7.90. The van der Waals surface area contributed by atoms with Gasteiger partial charge in [0.1, 0.15) is 5.69 Å². The zero-order chi connectivity index (χ0) is 16.4. The van der Waals surface area contributed by atoms with Gasteiger partial charge in [0.15, 0.2) is 9.84 Å². The number of rotatable bonds is 4. The molecule has 7 heteroatoms. The number of benzene rings is 1. The van der Waals surface area contributed by atoms with Crippen LogP contribution in [0.4, 0.5) is 5.69 Å². The van der Waals surface area contributed by atoms with Gasteiger partial charge < -0.3 is 5.32 Å². The zero-order valence-corrected chi connectivity index (χ0v) is 14.3. The molecule has 1 aliphatic rings. The first kappa shape index (κ1) is 16.0. The summed E-state index contributed by atoms with van der Waals surface area (Å²) in [7, 11) is -1.46. The van der Waals surface area contributed by atoms with Gasteiger partial charge in [0.2, 0.25) is 0 Å². The predicted molar refractivity (Wildman–Crippen MR) is 92.2 cm³/mol. The molecule has 0 saturated heterocycles. The van der Waals surface area contributed by atoms with Crippen LogP contribution in [0.2, 0.25) is 0 Å². The molecule has 1 aromatic carbocycles. The van der Waals surface area contributed by atoms with Gasteiger partial charge in [0.05, 0.1) is 11.1 Å². The van der Waals surface area contributed by atoms with Gasteiger partial charge in [-0.05, 0) is 31.0 Å². The van der Waals surface area contributed by atoms with Crippen LogP contribution in [0.3, 0.4) is 0 Å². The Labute approximate surface area is 138 Å². The van der Waals surface area contributed by atoms with Gasteiger partial charge in [-0.3, -0.25) is 4.68 Å². The minimum absolute atomic E-state index is 0. The van der Waals surface area contributed by atoms with Crippen LogP contribution in [0, 0.1) is 0 Å². The summed E-state index contributed by atoms with van der Waals surface area (Å²) in [6.07, 6.45) is 9.08. The van der Waals surface area contributed by atoms with E-state index < -0.39 is 9.84 Å². The molecule has 2 aromatic rings. The lowest BCUT2D eigenvalue weighted by atomic mass is 9.95. The Morgan fingerprint density at radius 1 is 1.26 bits per heavy atom. The highest BCUT2D eigenvalue weighted by atomic mass is 32.2. The molecule has 23 heavy (non-hydrogen) atoms.